The summed E-state index contributed by atoms with van der Waals surface area (Å²) >= 11 is 0. The normalized spacial score (nSPS) is 19.9. The maximum Gasteiger partial charge on any atom is 0.134 e. The predicted octanol–water partition coefficient (Wildman–Crippen LogP) is 3.26. The van der Waals surface area contributed by atoms with Gasteiger partial charge < -0.3 is 14.5 Å². The summed E-state index contributed by atoms with van der Waals surface area (Å²) in [5, 5.41) is 4.78. The van der Waals surface area contributed by atoms with Crippen molar-refractivity contribution >= 4 is 11.0 Å². The van der Waals surface area contributed by atoms with Gasteiger partial charge in [-0.2, -0.15) is 0 Å². The first kappa shape index (κ1) is 12.7. The van der Waals surface area contributed by atoms with Crippen molar-refractivity contribution in [1.82, 2.24) is 5.32 Å². The van der Waals surface area contributed by atoms with E-state index < -0.39 is 0 Å². The van der Waals surface area contributed by atoms with E-state index >= 15 is 0 Å². The van der Waals surface area contributed by atoms with Crippen molar-refractivity contribution in [2.24, 2.45) is 5.92 Å². The van der Waals surface area contributed by atoms with Gasteiger partial charge in [0.05, 0.1) is 6.61 Å². The second-order valence-corrected chi connectivity index (χ2v) is 5.35. The highest BCUT2D eigenvalue weighted by Crippen LogP contribution is 2.25. The van der Waals surface area contributed by atoms with Gasteiger partial charge in [-0.05, 0) is 31.7 Å². The van der Waals surface area contributed by atoms with E-state index in [-0.39, 0.29) is 0 Å². The molecule has 1 fully saturated rings. The molecule has 1 saturated heterocycles. The number of nitrogens with one attached hydrogen (secondary N) is 1. The highest BCUT2D eigenvalue weighted by molar-refractivity contribution is 5.82. The SMILES string of the molecule is Cc1oc2ccccc2c1CNCC1CCCOC1. The molecule has 0 aliphatic carbocycles. The fraction of sp³-hybridized carbons (Fsp3) is 0.500. The third-order valence-electron chi connectivity index (χ3n) is 3.89. The Morgan fingerprint density at radius 1 is 1.32 bits per heavy atom. The zero-order valence-electron chi connectivity index (χ0n) is 11.4. The van der Waals surface area contributed by atoms with E-state index in [1.165, 1.54) is 23.8 Å². The molecule has 3 heteroatoms. The van der Waals surface area contributed by atoms with Crippen LogP contribution in [0.25, 0.3) is 11.0 Å². The molecular formula is C16H21NO2. The first-order chi connectivity index (χ1) is 9.34. The Morgan fingerprint density at radius 3 is 3.05 bits per heavy atom. The minimum atomic E-state index is 0.659. The van der Waals surface area contributed by atoms with E-state index in [4.69, 9.17) is 9.15 Å². The number of hydrogen-bond acceptors (Lipinski definition) is 3. The molecule has 102 valence electrons. The Hall–Kier alpha value is -1.32. The lowest BCUT2D eigenvalue weighted by molar-refractivity contribution is 0.0547. The van der Waals surface area contributed by atoms with Crippen LogP contribution in [0, 0.1) is 12.8 Å². The van der Waals surface area contributed by atoms with Crippen LogP contribution in [-0.2, 0) is 11.3 Å². The van der Waals surface area contributed by atoms with Gasteiger partial charge in [0, 0.05) is 30.6 Å². The van der Waals surface area contributed by atoms with Gasteiger partial charge in [-0.25, -0.2) is 0 Å². The minimum absolute atomic E-state index is 0.659. The van der Waals surface area contributed by atoms with Gasteiger partial charge in [-0.1, -0.05) is 18.2 Å². The fourth-order valence-electron chi connectivity index (χ4n) is 2.81. The van der Waals surface area contributed by atoms with Crippen LogP contribution >= 0.6 is 0 Å². The quantitative estimate of drug-likeness (QED) is 0.915. The lowest BCUT2D eigenvalue weighted by Crippen LogP contribution is -2.28. The number of fused-ring (bicyclic) bond motifs is 1. The topological polar surface area (TPSA) is 34.4 Å². The molecule has 0 amide bonds. The van der Waals surface area contributed by atoms with Crippen molar-refractivity contribution in [2.75, 3.05) is 19.8 Å². The van der Waals surface area contributed by atoms with Crippen LogP contribution in [0.4, 0.5) is 0 Å². The smallest absolute Gasteiger partial charge is 0.134 e. The molecular weight excluding hydrogens is 238 g/mol. The Labute approximate surface area is 113 Å². The largest absolute Gasteiger partial charge is 0.461 e. The Balaban J connectivity index is 1.63. The van der Waals surface area contributed by atoms with Crippen LogP contribution in [0.1, 0.15) is 24.2 Å². The molecule has 19 heavy (non-hydrogen) atoms. The van der Waals surface area contributed by atoms with Gasteiger partial charge in [0.15, 0.2) is 0 Å². The van der Waals surface area contributed by atoms with E-state index in [9.17, 15) is 0 Å². The molecule has 1 N–H and O–H groups in total. The monoisotopic (exact) mass is 259 g/mol. The van der Waals surface area contributed by atoms with Crippen molar-refractivity contribution in [1.29, 1.82) is 0 Å². The highest BCUT2D eigenvalue weighted by atomic mass is 16.5. The molecule has 1 atom stereocenters. The van der Waals surface area contributed by atoms with Crippen LogP contribution in [0.5, 0.6) is 0 Å². The van der Waals surface area contributed by atoms with Crippen molar-refractivity contribution < 1.29 is 9.15 Å². The van der Waals surface area contributed by atoms with Crippen molar-refractivity contribution in [3.8, 4) is 0 Å². The summed E-state index contributed by atoms with van der Waals surface area (Å²) in [5.41, 5.74) is 2.27. The van der Waals surface area contributed by atoms with Gasteiger partial charge in [0.2, 0.25) is 0 Å². The number of rotatable bonds is 4. The summed E-state index contributed by atoms with van der Waals surface area (Å²) in [6.07, 6.45) is 2.47. The second kappa shape index (κ2) is 5.76. The van der Waals surface area contributed by atoms with Crippen molar-refractivity contribution in [2.45, 2.75) is 26.3 Å². The minimum Gasteiger partial charge on any atom is -0.461 e. The molecule has 3 nitrogen and oxygen atoms in total. The Morgan fingerprint density at radius 2 is 2.21 bits per heavy atom. The molecule has 1 aliphatic heterocycles. The maximum absolute atomic E-state index is 5.78. The maximum atomic E-state index is 5.78. The van der Waals surface area contributed by atoms with Crippen LogP contribution in [0.3, 0.4) is 0 Å². The summed E-state index contributed by atoms with van der Waals surface area (Å²) in [6, 6.07) is 8.24. The van der Waals surface area contributed by atoms with Crippen LogP contribution in [0.15, 0.2) is 28.7 Å². The lowest BCUT2D eigenvalue weighted by atomic mass is 10.0. The van der Waals surface area contributed by atoms with E-state index in [0.29, 0.717) is 5.92 Å². The molecule has 1 aromatic heterocycles. The molecule has 0 saturated carbocycles. The Kier molecular flexibility index (Phi) is 3.85. The van der Waals surface area contributed by atoms with E-state index in [1.54, 1.807) is 0 Å². The predicted molar refractivity (Wildman–Crippen MR) is 76.2 cm³/mol. The molecule has 0 bridgehead atoms. The number of hydrogen-bond donors (Lipinski definition) is 1. The lowest BCUT2D eigenvalue weighted by Gasteiger charge is -2.22. The second-order valence-electron chi connectivity index (χ2n) is 5.35. The summed E-state index contributed by atoms with van der Waals surface area (Å²) < 4.78 is 11.3. The number of aryl methyl sites for hydroxylation is 1. The third kappa shape index (κ3) is 2.82. The fourth-order valence-corrected chi connectivity index (χ4v) is 2.81. The third-order valence-corrected chi connectivity index (χ3v) is 3.89. The summed E-state index contributed by atoms with van der Waals surface area (Å²) in [5.74, 6) is 1.68. The number of para-hydroxylation sites is 1. The number of ether oxygens (including phenoxy) is 1. The van der Waals surface area contributed by atoms with Gasteiger partial charge in [-0.15, -0.1) is 0 Å². The van der Waals surface area contributed by atoms with Crippen LogP contribution in [0.2, 0.25) is 0 Å². The molecule has 1 aliphatic rings. The summed E-state index contributed by atoms with van der Waals surface area (Å²) in [4.78, 5) is 0. The number of furan rings is 1. The van der Waals surface area contributed by atoms with Crippen LogP contribution in [-0.4, -0.2) is 19.8 Å². The standard InChI is InChI=1S/C16H21NO2/c1-12-15(14-6-2-3-7-16(14)19-12)10-17-9-13-5-4-8-18-11-13/h2-3,6-7,13,17H,4-5,8-11H2,1H3. The summed E-state index contributed by atoms with van der Waals surface area (Å²) in [6.45, 7) is 5.78. The van der Waals surface area contributed by atoms with Gasteiger partial charge >= 0.3 is 0 Å². The zero-order valence-corrected chi connectivity index (χ0v) is 11.4. The first-order valence-corrected chi connectivity index (χ1v) is 7.10. The zero-order chi connectivity index (χ0) is 13.1. The van der Waals surface area contributed by atoms with Gasteiger partial charge in [0.1, 0.15) is 11.3 Å². The van der Waals surface area contributed by atoms with E-state index in [1.807, 2.05) is 19.1 Å². The van der Waals surface area contributed by atoms with E-state index in [2.05, 4.69) is 17.4 Å². The molecule has 2 heterocycles. The van der Waals surface area contributed by atoms with Crippen LogP contribution < -0.4 is 5.32 Å². The molecule has 2 aromatic rings. The molecule has 0 radical (unpaired) electrons. The molecule has 0 spiro atoms. The molecule has 3 rings (SSSR count). The molecule has 1 unspecified atom stereocenters. The average molecular weight is 259 g/mol. The first-order valence-electron chi connectivity index (χ1n) is 7.10. The van der Waals surface area contributed by atoms with Crippen molar-refractivity contribution in [3.05, 3.63) is 35.6 Å². The number of benzene rings is 1. The summed E-state index contributed by atoms with van der Waals surface area (Å²) in [7, 11) is 0. The highest BCUT2D eigenvalue weighted by Gasteiger charge is 2.14. The average Bonchev–Trinajstić information content (AvgIpc) is 2.76. The van der Waals surface area contributed by atoms with Crippen molar-refractivity contribution in [3.63, 3.8) is 0 Å². The van der Waals surface area contributed by atoms with E-state index in [0.717, 1.165) is 37.6 Å². The Bertz CT molecular complexity index is 541. The van der Waals surface area contributed by atoms with Gasteiger partial charge in [-0.3, -0.25) is 0 Å². The molecule has 1 aromatic carbocycles. The van der Waals surface area contributed by atoms with Gasteiger partial charge in [0.25, 0.3) is 0 Å².